The molecule has 156 valence electrons. The fourth-order valence-electron chi connectivity index (χ4n) is 2.71. The Kier molecular flexibility index (Phi) is 6.79. The van der Waals surface area contributed by atoms with Crippen LogP contribution in [0.25, 0.3) is 0 Å². The summed E-state index contributed by atoms with van der Waals surface area (Å²) in [6.07, 6.45) is 0. The minimum absolute atomic E-state index is 0.153. The number of nitrogens with zero attached hydrogens (tertiary/aromatic N) is 1. The lowest BCUT2D eigenvalue weighted by Gasteiger charge is -2.22. The summed E-state index contributed by atoms with van der Waals surface area (Å²) in [6, 6.07) is 20.5. The number of rotatable bonds is 7. The number of nitrogens with one attached hydrogen (secondary N) is 1. The van der Waals surface area contributed by atoms with Crippen LogP contribution in [0.3, 0.4) is 0 Å². The largest absolute Gasteiger partial charge is 0.482 e. The van der Waals surface area contributed by atoms with E-state index in [1.54, 1.807) is 48.5 Å². The van der Waals surface area contributed by atoms with E-state index in [0.717, 1.165) is 14.3 Å². The molecule has 0 bridgehead atoms. The fraction of sp³-hybridized carbons (Fsp3) is 0.136. The van der Waals surface area contributed by atoms with Gasteiger partial charge in [-0.15, -0.1) is 0 Å². The van der Waals surface area contributed by atoms with Crippen molar-refractivity contribution in [3.05, 3.63) is 82.8 Å². The molecule has 0 saturated heterocycles. The zero-order valence-electron chi connectivity index (χ0n) is 16.5. The second kappa shape index (κ2) is 9.32. The molecule has 1 N–H and O–H groups in total. The number of ether oxygens (including phenoxy) is 1. The molecule has 0 spiro atoms. The quantitative estimate of drug-likeness (QED) is 0.527. The molecule has 30 heavy (non-hydrogen) atoms. The molecule has 0 radical (unpaired) electrons. The van der Waals surface area contributed by atoms with Gasteiger partial charge in [0.15, 0.2) is 6.61 Å². The highest BCUT2D eigenvalue weighted by atomic mass is 79.9. The number of hydrogen-bond acceptors (Lipinski definition) is 4. The van der Waals surface area contributed by atoms with E-state index in [2.05, 4.69) is 21.2 Å². The molecule has 0 aliphatic carbocycles. The summed E-state index contributed by atoms with van der Waals surface area (Å²) < 4.78 is 33.5. The first-order valence-electron chi connectivity index (χ1n) is 9.10. The number of anilines is 2. The van der Waals surface area contributed by atoms with Gasteiger partial charge < -0.3 is 10.1 Å². The van der Waals surface area contributed by atoms with E-state index in [1.165, 1.54) is 19.2 Å². The van der Waals surface area contributed by atoms with Crippen LogP contribution < -0.4 is 14.4 Å². The van der Waals surface area contributed by atoms with Gasteiger partial charge in [-0.05, 0) is 55.5 Å². The maximum atomic E-state index is 13.0. The SMILES string of the molecule is Cc1ccc(NC(=O)COc2ccccc2N(C)S(=O)(=O)c2ccc(Br)cc2)cc1. The van der Waals surface area contributed by atoms with Crippen molar-refractivity contribution in [3.63, 3.8) is 0 Å². The van der Waals surface area contributed by atoms with Crippen LogP contribution >= 0.6 is 15.9 Å². The van der Waals surface area contributed by atoms with Gasteiger partial charge in [0.25, 0.3) is 15.9 Å². The van der Waals surface area contributed by atoms with Gasteiger partial charge >= 0.3 is 0 Å². The van der Waals surface area contributed by atoms with Gasteiger partial charge in [-0.25, -0.2) is 8.42 Å². The van der Waals surface area contributed by atoms with Gasteiger partial charge in [0.2, 0.25) is 0 Å². The Hall–Kier alpha value is -2.84. The van der Waals surface area contributed by atoms with Gasteiger partial charge in [-0.3, -0.25) is 9.10 Å². The van der Waals surface area contributed by atoms with Crippen molar-refractivity contribution in [3.8, 4) is 5.75 Å². The van der Waals surface area contributed by atoms with Gasteiger partial charge in [0.05, 0.1) is 10.6 Å². The summed E-state index contributed by atoms with van der Waals surface area (Å²) >= 11 is 3.30. The zero-order chi connectivity index (χ0) is 21.7. The Balaban J connectivity index is 1.74. The Morgan fingerprint density at radius 2 is 1.63 bits per heavy atom. The highest BCUT2D eigenvalue weighted by Gasteiger charge is 2.24. The molecule has 1 amide bonds. The van der Waals surface area contributed by atoms with Gasteiger partial charge in [0.1, 0.15) is 5.75 Å². The second-order valence-electron chi connectivity index (χ2n) is 6.60. The van der Waals surface area contributed by atoms with Crippen LogP contribution in [0.1, 0.15) is 5.56 Å². The normalized spacial score (nSPS) is 11.0. The molecule has 0 aliphatic heterocycles. The maximum absolute atomic E-state index is 13.0. The lowest BCUT2D eigenvalue weighted by molar-refractivity contribution is -0.118. The fourth-order valence-corrected chi connectivity index (χ4v) is 4.18. The molecule has 0 fully saturated rings. The van der Waals surface area contributed by atoms with E-state index in [0.29, 0.717) is 17.1 Å². The number of amides is 1. The first kappa shape index (κ1) is 21.9. The van der Waals surface area contributed by atoms with Crippen molar-refractivity contribution >= 4 is 43.2 Å². The minimum Gasteiger partial charge on any atom is -0.482 e. The van der Waals surface area contributed by atoms with E-state index >= 15 is 0 Å². The average molecular weight is 489 g/mol. The van der Waals surface area contributed by atoms with Crippen LogP contribution in [-0.2, 0) is 14.8 Å². The molecule has 0 aliphatic rings. The number of hydrogen-bond donors (Lipinski definition) is 1. The standard InChI is InChI=1S/C22H21BrN2O4S/c1-16-7-11-18(12-8-16)24-22(26)15-29-21-6-4-3-5-20(21)25(2)30(27,28)19-13-9-17(23)10-14-19/h3-14H,15H2,1-2H3,(H,24,26). The predicted molar refractivity (Wildman–Crippen MR) is 121 cm³/mol. The Bertz CT molecular complexity index is 1130. The molecular formula is C22H21BrN2O4S. The Morgan fingerprint density at radius 1 is 1.00 bits per heavy atom. The number of para-hydroxylation sites is 2. The summed E-state index contributed by atoms with van der Waals surface area (Å²) in [5.74, 6) is -0.0492. The minimum atomic E-state index is -3.79. The lowest BCUT2D eigenvalue weighted by Crippen LogP contribution is -2.27. The van der Waals surface area contributed by atoms with Crippen molar-refractivity contribution in [2.75, 3.05) is 23.3 Å². The molecule has 0 saturated carbocycles. The molecule has 0 unspecified atom stereocenters. The molecule has 3 aromatic carbocycles. The molecule has 8 heteroatoms. The third-order valence-corrected chi connectivity index (χ3v) is 6.68. The highest BCUT2D eigenvalue weighted by Crippen LogP contribution is 2.31. The van der Waals surface area contributed by atoms with Crippen LogP contribution in [0, 0.1) is 6.92 Å². The van der Waals surface area contributed by atoms with E-state index in [-0.39, 0.29) is 17.4 Å². The second-order valence-corrected chi connectivity index (χ2v) is 9.48. The van der Waals surface area contributed by atoms with E-state index < -0.39 is 10.0 Å². The van der Waals surface area contributed by atoms with E-state index in [9.17, 15) is 13.2 Å². The summed E-state index contributed by atoms with van der Waals surface area (Å²) in [5, 5.41) is 2.75. The Morgan fingerprint density at radius 3 is 2.30 bits per heavy atom. The van der Waals surface area contributed by atoms with Crippen LogP contribution in [0.4, 0.5) is 11.4 Å². The van der Waals surface area contributed by atoms with Crippen LogP contribution in [0.2, 0.25) is 0 Å². The predicted octanol–water partition coefficient (Wildman–Crippen LogP) is 4.60. The van der Waals surface area contributed by atoms with Crippen molar-refractivity contribution in [1.29, 1.82) is 0 Å². The number of carbonyl (C=O) groups is 1. The van der Waals surface area contributed by atoms with Crippen molar-refractivity contribution in [1.82, 2.24) is 0 Å². The molecule has 3 rings (SSSR count). The number of sulfonamides is 1. The van der Waals surface area contributed by atoms with E-state index in [1.807, 2.05) is 19.1 Å². The first-order valence-corrected chi connectivity index (χ1v) is 11.3. The maximum Gasteiger partial charge on any atom is 0.264 e. The molecular weight excluding hydrogens is 468 g/mol. The van der Waals surface area contributed by atoms with Crippen molar-refractivity contribution < 1.29 is 17.9 Å². The zero-order valence-corrected chi connectivity index (χ0v) is 18.9. The third kappa shape index (κ3) is 5.20. The number of halogens is 1. The monoisotopic (exact) mass is 488 g/mol. The number of benzene rings is 3. The first-order chi connectivity index (χ1) is 14.3. The number of carbonyl (C=O) groups excluding carboxylic acids is 1. The smallest absolute Gasteiger partial charge is 0.264 e. The molecule has 6 nitrogen and oxygen atoms in total. The van der Waals surface area contributed by atoms with Crippen LogP contribution in [0.5, 0.6) is 5.75 Å². The lowest BCUT2D eigenvalue weighted by atomic mass is 10.2. The van der Waals surface area contributed by atoms with Crippen LogP contribution in [0.15, 0.2) is 82.2 Å². The topological polar surface area (TPSA) is 75.7 Å². The molecule has 3 aromatic rings. The summed E-state index contributed by atoms with van der Waals surface area (Å²) in [4.78, 5) is 12.4. The van der Waals surface area contributed by atoms with Gasteiger partial charge in [-0.2, -0.15) is 0 Å². The van der Waals surface area contributed by atoms with Crippen LogP contribution in [-0.4, -0.2) is 28.0 Å². The molecule has 0 atom stereocenters. The van der Waals surface area contributed by atoms with Gasteiger partial charge in [0, 0.05) is 17.2 Å². The highest BCUT2D eigenvalue weighted by molar-refractivity contribution is 9.10. The number of aryl methyl sites for hydroxylation is 1. The third-order valence-electron chi connectivity index (χ3n) is 4.37. The summed E-state index contributed by atoms with van der Waals surface area (Å²) in [5.41, 5.74) is 2.09. The van der Waals surface area contributed by atoms with Crippen molar-refractivity contribution in [2.45, 2.75) is 11.8 Å². The molecule has 0 heterocycles. The molecule has 0 aromatic heterocycles. The summed E-state index contributed by atoms with van der Waals surface area (Å²) in [6.45, 7) is 1.71. The van der Waals surface area contributed by atoms with E-state index in [4.69, 9.17) is 4.74 Å². The average Bonchev–Trinajstić information content (AvgIpc) is 2.74. The Labute approximate surface area is 184 Å². The van der Waals surface area contributed by atoms with Gasteiger partial charge in [-0.1, -0.05) is 45.8 Å². The summed E-state index contributed by atoms with van der Waals surface area (Å²) in [7, 11) is -2.34. The van der Waals surface area contributed by atoms with Crippen molar-refractivity contribution in [2.24, 2.45) is 0 Å².